The second-order valence-electron chi connectivity index (χ2n) is 4.77. The van der Waals surface area contributed by atoms with Gasteiger partial charge in [0.05, 0.1) is 6.54 Å². The number of hydrogen-bond acceptors (Lipinski definition) is 3. The lowest BCUT2D eigenvalue weighted by molar-refractivity contribution is -0.139. The van der Waals surface area contributed by atoms with Gasteiger partial charge in [-0.2, -0.15) is 0 Å². The van der Waals surface area contributed by atoms with Crippen molar-refractivity contribution in [2.75, 3.05) is 0 Å². The standard InChI is InChI=1S/C16H18N2O3S/c1-2-3-7-13(16(20)21)17-15(19)14-8-4-9-18(14)11-12-6-5-10-22-12/h2-6,8-10,13H,7,11H2,1H3,(H,17,19)(H,20,21)/b3-2+. The van der Waals surface area contributed by atoms with Gasteiger partial charge in [0, 0.05) is 11.1 Å². The van der Waals surface area contributed by atoms with Crippen molar-refractivity contribution in [1.82, 2.24) is 9.88 Å². The summed E-state index contributed by atoms with van der Waals surface area (Å²) in [5.41, 5.74) is 0.458. The molecule has 2 aromatic heterocycles. The van der Waals surface area contributed by atoms with E-state index in [-0.39, 0.29) is 12.3 Å². The van der Waals surface area contributed by atoms with Crippen LogP contribution in [0, 0.1) is 0 Å². The largest absolute Gasteiger partial charge is 0.480 e. The Morgan fingerprint density at radius 3 is 2.86 bits per heavy atom. The van der Waals surface area contributed by atoms with Crippen LogP contribution in [0.4, 0.5) is 0 Å². The molecule has 2 N–H and O–H groups in total. The van der Waals surface area contributed by atoms with Gasteiger partial charge >= 0.3 is 5.97 Å². The van der Waals surface area contributed by atoms with E-state index in [0.29, 0.717) is 12.2 Å². The molecule has 2 rings (SSSR count). The Morgan fingerprint density at radius 2 is 2.23 bits per heavy atom. The second kappa shape index (κ2) is 7.61. The zero-order valence-electron chi connectivity index (χ0n) is 12.2. The molecule has 1 unspecified atom stereocenters. The molecule has 22 heavy (non-hydrogen) atoms. The molecule has 0 aromatic carbocycles. The van der Waals surface area contributed by atoms with Crippen LogP contribution in [0.15, 0.2) is 48.0 Å². The van der Waals surface area contributed by atoms with Crippen LogP contribution in [-0.4, -0.2) is 27.6 Å². The summed E-state index contributed by atoms with van der Waals surface area (Å²) in [6.07, 6.45) is 5.57. The molecule has 5 nitrogen and oxygen atoms in total. The molecule has 0 aliphatic carbocycles. The highest BCUT2D eigenvalue weighted by atomic mass is 32.1. The van der Waals surface area contributed by atoms with Crippen LogP contribution in [0.3, 0.4) is 0 Å². The van der Waals surface area contributed by atoms with Crippen molar-refractivity contribution >= 4 is 23.2 Å². The first-order chi connectivity index (χ1) is 10.6. The number of aromatic nitrogens is 1. The monoisotopic (exact) mass is 318 g/mol. The smallest absolute Gasteiger partial charge is 0.326 e. The summed E-state index contributed by atoms with van der Waals surface area (Å²) in [6.45, 7) is 2.41. The van der Waals surface area contributed by atoms with E-state index < -0.39 is 12.0 Å². The molecule has 2 aromatic rings. The molecule has 0 spiro atoms. The average Bonchev–Trinajstić information content (AvgIpc) is 3.15. The van der Waals surface area contributed by atoms with E-state index in [2.05, 4.69) is 5.32 Å². The third-order valence-corrected chi connectivity index (χ3v) is 4.04. The Kier molecular flexibility index (Phi) is 5.55. The predicted octanol–water partition coefficient (Wildman–Crippen LogP) is 2.75. The molecule has 1 atom stereocenters. The van der Waals surface area contributed by atoms with Gasteiger partial charge in [0.1, 0.15) is 11.7 Å². The highest BCUT2D eigenvalue weighted by Gasteiger charge is 2.21. The van der Waals surface area contributed by atoms with Crippen LogP contribution in [0.25, 0.3) is 0 Å². The van der Waals surface area contributed by atoms with E-state index in [4.69, 9.17) is 5.11 Å². The van der Waals surface area contributed by atoms with Crippen LogP contribution in [-0.2, 0) is 11.3 Å². The topological polar surface area (TPSA) is 71.3 Å². The molecule has 6 heteroatoms. The van der Waals surface area contributed by atoms with Crippen LogP contribution in [0.2, 0.25) is 0 Å². The minimum atomic E-state index is -1.04. The summed E-state index contributed by atoms with van der Waals surface area (Å²) in [4.78, 5) is 24.6. The van der Waals surface area contributed by atoms with Crippen molar-refractivity contribution in [3.8, 4) is 0 Å². The number of rotatable bonds is 7. The number of hydrogen-bond donors (Lipinski definition) is 2. The van der Waals surface area contributed by atoms with Gasteiger partial charge in [-0.15, -0.1) is 11.3 Å². The van der Waals surface area contributed by atoms with E-state index >= 15 is 0 Å². The lowest BCUT2D eigenvalue weighted by atomic mass is 10.2. The van der Waals surface area contributed by atoms with Crippen molar-refractivity contribution in [3.05, 3.63) is 58.6 Å². The van der Waals surface area contributed by atoms with Gasteiger partial charge in [0.25, 0.3) is 5.91 Å². The highest BCUT2D eigenvalue weighted by Crippen LogP contribution is 2.13. The lowest BCUT2D eigenvalue weighted by Crippen LogP contribution is -2.41. The maximum atomic E-state index is 12.3. The van der Waals surface area contributed by atoms with Crippen molar-refractivity contribution in [1.29, 1.82) is 0 Å². The first-order valence-corrected chi connectivity index (χ1v) is 7.82. The maximum absolute atomic E-state index is 12.3. The van der Waals surface area contributed by atoms with E-state index in [1.807, 2.05) is 35.2 Å². The average molecular weight is 318 g/mol. The molecule has 0 saturated carbocycles. The second-order valence-corrected chi connectivity index (χ2v) is 5.80. The number of nitrogens with zero attached hydrogens (tertiary/aromatic N) is 1. The fraction of sp³-hybridized carbons (Fsp3) is 0.250. The maximum Gasteiger partial charge on any atom is 0.326 e. The van der Waals surface area contributed by atoms with Gasteiger partial charge in [-0.25, -0.2) is 4.79 Å². The summed E-state index contributed by atoms with van der Waals surface area (Å²) in [5.74, 6) is -1.42. The molecule has 0 saturated heterocycles. The minimum absolute atomic E-state index is 0.267. The van der Waals surface area contributed by atoms with Gasteiger partial charge < -0.3 is 15.0 Å². The normalized spacial score (nSPS) is 12.4. The molecule has 2 heterocycles. The van der Waals surface area contributed by atoms with Gasteiger partial charge in [0.2, 0.25) is 0 Å². The molecular weight excluding hydrogens is 300 g/mol. The van der Waals surface area contributed by atoms with Crippen LogP contribution < -0.4 is 5.32 Å². The molecular formula is C16H18N2O3S. The summed E-state index contributed by atoms with van der Waals surface area (Å²) in [5, 5.41) is 13.7. The third kappa shape index (κ3) is 4.08. The highest BCUT2D eigenvalue weighted by molar-refractivity contribution is 7.09. The Labute approximate surface area is 132 Å². The van der Waals surface area contributed by atoms with Gasteiger partial charge in [0.15, 0.2) is 0 Å². The van der Waals surface area contributed by atoms with E-state index in [1.54, 1.807) is 35.6 Å². The van der Waals surface area contributed by atoms with Gasteiger partial charge in [-0.05, 0) is 36.9 Å². The summed E-state index contributed by atoms with van der Waals surface area (Å²) >= 11 is 1.62. The number of carbonyl (C=O) groups excluding carboxylic acids is 1. The molecule has 0 bridgehead atoms. The SMILES string of the molecule is C/C=C/CC(NC(=O)c1cccn1Cc1cccs1)C(=O)O. The Bertz CT molecular complexity index is 659. The van der Waals surface area contributed by atoms with Crippen molar-refractivity contribution < 1.29 is 14.7 Å². The minimum Gasteiger partial charge on any atom is -0.480 e. The lowest BCUT2D eigenvalue weighted by Gasteiger charge is -2.14. The van der Waals surface area contributed by atoms with Crippen molar-refractivity contribution in [2.24, 2.45) is 0 Å². The first kappa shape index (κ1) is 16.0. The summed E-state index contributed by atoms with van der Waals surface area (Å²) in [7, 11) is 0. The number of aliphatic carboxylic acids is 1. The van der Waals surface area contributed by atoms with Crippen LogP contribution in [0.1, 0.15) is 28.7 Å². The Hall–Kier alpha value is -2.34. The number of nitrogens with one attached hydrogen (secondary N) is 1. The van der Waals surface area contributed by atoms with Crippen LogP contribution in [0.5, 0.6) is 0 Å². The van der Waals surface area contributed by atoms with E-state index in [1.165, 1.54) is 0 Å². The Morgan fingerprint density at radius 1 is 1.41 bits per heavy atom. The summed E-state index contributed by atoms with van der Waals surface area (Å²) < 4.78 is 1.82. The molecule has 0 radical (unpaired) electrons. The fourth-order valence-electron chi connectivity index (χ4n) is 2.05. The van der Waals surface area contributed by atoms with E-state index in [0.717, 1.165) is 4.88 Å². The predicted molar refractivity (Wildman–Crippen MR) is 86.2 cm³/mol. The molecule has 0 fully saturated rings. The summed E-state index contributed by atoms with van der Waals surface area (Å²) in [6, 6.07) is 6.51. The number of carboxylic acids is 1. The quantitative estimate of drug-likeness (QED) is 0.771. The zero-order valence-corrected chi connectivity index (χ0v) is 13.0. The number of carboxylic acid groups (broad SMARTS) is 1. The number of allylic oxidation sites excluding steroid dienone is 1. The van der Waals surface area contributed by atoms with Gasteiger partial charge in [-0.3, -0.25) is 4.79 Å². The van der Waals surface area contributed by atoms with Crippen molar-refractivity contribution in [2.45, 2.75) is 25.9 Å². The molecule has 1 amide bonds. The van der Waals surface area contributed by atoms with Gasteiger partial charge in [-0.1, -0.05) is 18.2 Å². The Balaban J connectivity index is 2.09. The molecule has 0 aliphatic heterocycles. The molecule has 0 aliphatic rings. The number of amides is 1. The number of carbonyl (C=O) groups is 2. The third-order valence-electron chi connectivity index (χ3n) is 3.18. The van der Waals surface area contributed by atoms with Crippen LogP contribution >= 0.6 is 11.3 Å². The zero-order chi connectivity index (χ0) is 15.9. The molecule has 116 valence electrons. The first-order valence-electron chi connectivity index (χ1n) is 6.94. The number of thiophene rings is 1. The van der Waals surface area contributed by atoms with E-state index in [9.17, 15) is 9.59 Å². The fourth-order valence-corrected chi connectivity index (χ4v) is 2.76. The van der Waals surface area contributed by atoms with Crippen molar-refractivity contribution in [3.63, 3.8) is 0 Å².